The van der Waals surface area contributed by atoms with Gasteiger partial charge in [-0.3, -0.25) is 4.79 Å². The molecule has 1 amide bonds. The number of phenolic OH excluding ortho intramolecular Hbond substituents is 1. The first-order valence-corrected chi connectivity index (χ1v) is 8.66. The van der Waals surface area contributed by atoms with E-state index in [0.29, 0.717) is 12.2 Å². The number of rotatable bonds is 5. The topological polar surface area (TPSA) is 101 Å². The molecule has 118 valence electrons. The summed E-state index contributed by atoms with van der Waals surface area (Å²) >= 11 is 3.78. The highest BCUT2D eigenvalue weighted by Crippen LogP contribution is 2.29. The minimum Gasteiger partial charge on any atom is -0.508 e. The molecule has 2 aromatic heterocycles. The van der Waals surface area contributed by atoms with Crippen LogP contribution in [0.15, 0.2) is 36.7 Å². The maximum Gasteiger partial charge on any atom is 0.240 e. The van der Waals surface area contributed by atoms with Gasteiger partial charge in [0.05, 0.1) is 8.27 Å². The summed E-state index contributed by atoms with van der Waals surface area (Å²) in [4.78, 5) is 21.1. The van der Waals surface area contributed by atoms with Crippen molar-refractivity contribution in [2.45, 2.75) is 12.5 Å². The monoisotopic (exact) mass is 440 g/mol. The molecule has 0 saturated carbocycles. The zero-order chi connectivity index (χ0) is 16.4. The lowest BCUT2D eigenvalue weighted by Gasteiger charge is -2.16. The van der Waals surface area contributed by atoms with Crippen molar-refractivity contribution in [3.8, 4) is 5.75 Å². The standard InChI is InChI=1S/C15H13IN4O2S/c16-12-6-10-14(18-7-19-15(10)23-12)20-11(13(17)22)5-8-1-3-9(21)4-2-8/h1-4,6-7,11,21H,5H2,(H2,17,22)(H,18,19,20)/t11-/m0/s1. The van der Waals surface area contributed by atoms with Crippen LogP contribution in [0.25, 0.3) is 10.2 Å². The van der Waals surface area contributed by atoms with E-state index in [4.69, 9.17) is 5.73 Å². The number of primary amides is 1. The minimum absolute atomic E-state index is 0.183. The molecule has 4 N–H and O–H groups in total. The summed E-state index contributed by atoms with van der Waals surface area (Å²) in [7, 11) is 0. The summed E-state index contributed by atoms with van der Waals surface area (Å²) in [5, 5.41) is 13.3. The van der Waals surface area contributed by atoms with Gasteiger partial charge in [-0.15, -0.1) is 11.3 Å². The predicted molar refractivity (Wildman–Crippen MR) is 98.5 cm³/mol. The summed E-state index contributed by atoms with van der Waals surface area (Å²) in [5.41, 5.74) is 6.41. The number of carbonyl (C=O) groups excluding carboxylic acids is 1. The second-order valence-electron chi connectivity index (χ2n) is 4.96. The lowest BCUT2D eigenvalue weighted by atomic mass is 10.1. The molecule has 0 unspecified atom stereocenters. The Morgan fingerprint density at radius 1 is 1.35 bits per heavy atom. The number of hydrogen-bond donors (Lipinski definition) is 3. The third-order valence-electron chi connectivity index (χ3n) is 3.33. The van der Waals surface area contributed by atoms with Crippen LogP contribution in [-0.4, -0.2) is 27.0 Å². The number of carbonyl (C=O) groups is 1. The number of nitrogens with zero attached hydrogens (tertiary/aromatic N) is 2. The molecule has 0 fully saturated rings. The second kappa shape index (κ2) is 6.67. The van der Waals surface area contributed by atoms with E-state index in [-0.39, 0.29) is 5.75 Å². The zero-order valence-electron chi connectivity index (χ0n) is 11.9. The van der Waals surface area contributed by atoms with Crippen molar-refractivity contribution in [2.24, 2.45) is 5.73 Å². The van der Waals surface area contributed by atoms with Crippen molar-refractivity contribution in [3.63, 3.8) is 0 Å². The van der Waals surface area contributed by atoms with Gasteiger partial charge in [0, 0.05) is 6.42 Å². The number of nitrogens with two attached hydrogens (primary N) is 1. The highest BCUT2D eigenvalue weighted by atomic mass is 127. The molecule has 1 atom stereocenters. The van der Waals surface area contributed by atoms with E-state index >= 15 is 0 Å². The van der Waals surface area contributed by atoms with Gasteiger partial charge in [-0.2, -0.15) is 0 Å². The maximum atomic E-state index is 11.8. The van der Waals surface area contributed by atoms with Crippen LogP contribution in [0.4, 0.5) is 5.82 Å². The fourth-order valence-electron chi connectivity index (χ4n) is 2.20. The summed E-state index contributed by atoms with van der Waals surface area (Å²) in [6.45, 7) is 0. The van der Waals surface area contributed by atoms with Crippen molar-refractivity contribution in [1.82, 2.24) is 9.97 Å². The van der Waals surface area contributed by atoms with Crippen molar-refractivity contribution in [2.75, 3.05) is 5.32 Å². The number of benzene rings is 1. The molecule has 3 aromatic rings. The molecule has 0 bridgehead atoms. The lowest BCUT2D eigenvalue weighted by molar-refractivity contribution is -0.118. The Kier molecular flexibility index (Phi) is 4.62. The van der Waals surface area contributed by atoms with Crippen LogP contribution in [0.2, 0.25) is 0 Å². The zero-order valence-corrected chi connectivity index (χ0v) is 14.8. The predicted octanol–water partition coefficient (Wildman–Crippen LogP) is 2.51. The molecule has 0 aliphatic heterocycles. The molecular formula is C15H13IN4O2S. The number of nitrogens with one attached hydrogen (secondary N) is 1. The van der Waals surface area contributed by atoms with Crippen molar-refractivity contribution >= 4 is 55.9 Å². The molecule has 0 aliphatic rings. The number of halogens is 1. The Hall–Kier alpha value is -1.94. The van der Waals surface area contributed by atoms with E-state index in [0.717, 1.165) is 18.7 Å². The van der Waals surface area contributed by atoms with Crippen LogP contribution >= 0.6 is 33.9 Å². The van der Waals surface area contributed by atoms with Gasteiger partial charge >= 0.3 is 0 Å². The largest absolute Gasteiger partial charge is 0.508 e. The molecule has 0 saturated heterocycles. The summed E-state index contributed by atoms with van der Waals surface area (Å²) in [6, 6.07) is 8.05. The molecule has 23 heavy (non-hydrogen) atoms. The van der Waals surface area contributed by atoms with Crippen LogP contribution in [0.1, 0.15) is 5.56 Å². The number of anilines is 1. The molecular weight excluding hydrogens is 427 g/mol. The fourth-order valence-corrected chi connectivity index (χ4v) is 3.86. The van der Waals surface area contributed by atoms with Gasteiger partial charge in [0.25, 0.3) is 0 Å². The van der Waals surface area contributed by atoms with E-state index in [1.807, 2.05) is 6.07 Å². The van der Waals surface area contributed by atoms with Crippen LogP contribution in [0.5, 0.6) is 5.75 Å². The summed E-state index contributed by atoms with van der Waals surface area (Å²) in [5.74, 6) is 0.314. The quantitative estimate of drug-likeness (QED) is 0.530. The summed E-state index contributed by atoms with van der Waals surface area (Å²) in [6.07, 6.45) is 1.87. The Labute approximate surface area is 149 Å². The highest BCUT2D eigenvalue weighted by molar-refractivity contribution is 14.1. The minimum atomic E-state index is -0.602. The second-order valence-corrected chi connectivity index (χ2v) is 7.89. The number of amides is 1. The molecule has 1 aromatic carbocycles. The Balaban J connectivity index is 1.86. The van der Waals surface area contributed by atoms with Gasteiger partial charge < -0.3 is 16.2 Å². The third-order valence-corrected chi connectivity index (χ3v) is 5.13. The number of aromatic nitrogens is 2. The molecule has 8 heteroatoms. The first-order chi connectivity index (χ1) is 11.0. The van der Waals surface area contributed by atoms with E-state index in [1.165, 1.54) is 6.33 Å². The maximum absolute atomic E-state index is 11.8. The Bertz CT molecular complexity index is 850. The number of thiophene rings is 1. The Morgan fingerprint density at radius 2 is 2.09 bits per heavy atom. The van der Waals surface area contributed by atoms with Gasteiger partial charge in [-0.05, 0) is 46.4 Å². The van der Waals surface area contributed by atoms with Crippen molar-refractivity contribution in [1.29, 1.82) is 0 Å². The molecule has 6 nitrogen and oxygen atoms in total. The normalized spacial score (nSPS) is 12.2. The number of fused-ring (bicyclic) bond motifs is 1. The lowest BCUT2D eigenvalue weighted by Crippen LogP contribution is -2.37. The van der Waals surface area contributed by atoms with Gasteiger partial charge in [0.1, 0.15) is 28.8 Å². The molecule has 0 radical (unpaired) electrons. The smallest absolute Gasteiger partial charge is 0.240 e. The van der Waals surface area contributed by atoms with Crippen LogP contribution < -0.4 is 11.1 Å². The van der Waals surface area contributed by atoms with E-state index in [1.54, 1.807) is 35.6 Å². The average molecular weight is 440 g/mol. The molecule has 0 aliphatic carbocycles. The van der Waals surface area contributed by atoms with Crippen LogP contribution in [-0.2, 0) is 11.2 Å². The third kappa shape index (κ3) is 3.70. The number of hydrogen-bond acceptors (Lipinski definition) is 6. The first-order valence-electron chi connectivity index (χ1n) is 6.77. The van der Waals surface area contributed by atoms with Crippen molar-refractivity contribution < 1.29 is 9.90 Å². The average Bonchev–Trinajstić information content (AvgIpc) is 2.90. The summed E-state index contributed by atoms with van der Waals surface area (Å²) < 4.78 is 1.09. The van der Waals surface area contributed by atoms with Crippen LogP contribution in [0.3, 0.4) is 0 Å². The Morgan fingerprint density at radius 3 is 2.78 bits per heavy atom. The highest BCUT2D eigenvalue weighted by Gasteiger charge is 2.18. The van der Waals surface area contributed by atoms with E-state index in [9.17, 15) is 9.90 Å². The van der Waals surface area contributed by atoms with Gasteiger partial charge in [0.2, 0.25) is 5.91 Å². The molecule has 3 rings (SSSR count). The van der Waals surface area contributed by atoms with Gasteiger partial charge in [-0.1, -0.05) is 12.1 Å². The number of aromatic hydroxyl groups is 1. The molecule has 2 heterocycles. The van der Waals surface area contributed by atoms with Crippen molar-refractivity contribution in [3.05, 3.63) is 45.1 Å². The fraction of sp³-hybridized carbons (Fsp3) is 0.133. The number of phenols is 1. The molecule has 0 spiro atoms. The van der Waals surface area contributed by atoms with Gasteiger partial charge in [-0.25, -0.2) is 9.97 Å². The van der Waals surface area contributed by atoms with E-state index in [2.05, 4.69) is 37.9 Å². The first kappa shape index (κ1) is 15.9. The SMILES string of the molecule is NC(=O)[C@H](Cc1ccc(O)cc1)Nc1ncnc2sc(I)cc12. The van der Waals surface area contributed by atoms with E-state index < -0.39 is 11.9 Å². The van der Waals surface area contributed by atoms with Gasteiger partial charge in [0.15, 0.2) is 0 Å². The van der Waals surface area contributed by atoms with Crippen LogP contribution in [0, 0.1) is 2.88 Å².